The summed E-state index contributed by atoms with van der Waals surface area (Å²) >= 11 is 0. The number of carbonyl (C=O) groups excluding carboxylic acids is 1. The number of hydrogen-bond donors (Lipinski definition) is 2. The number of carbonyl (C=O) groups is 1. The predicted molar refractivity (Wildman–Crippen MR) is 68.7 cm³/mol. The molecule has 2 N–H and O–H groups in total. The van der Waals surface area contributed by atoms with E-state index in [1.807, 2.05) is 12.1 Å². The largest absolute Gasteiger partial charge is 0.355 e. The lowest BCUT2D eigenvalue weighted by molar-refractivity contribution is -0.122. The van der Waals surface area contributed by atoms with Crippen molar-refractivity contribution in [3.05, 3.63) is 35.6 Å². The predicted octanol–water partition coefficient (Wildman–Crippen LogP) is 1.62. The fourth-order valence-corrected chi connectivity index (χ4v) is 2.31. The molecule has 0 saturated carbocycles. The molecule has 2 unspecified atom stereocenters. The highest BCUT2D eigenvalue weighted by Gasteiger charge is 2.19. The zero-order chi connectivity index (χ0) is 13.0. The quantitative estimate of drug-likeness (QED) is 0.852. The van der Waals surface area contributed by atoms with Crippen LogP contribution >= 0.6 is 0 Å². The van der Waals surface area contributed by atoms with Crippen LogP contribution in [0.15, 0.2) is 24.3 Å². The maximum Gasteiger partial charge on any atom is 0.220 e. The first kappa shape index (κ1) is 13.0. The van der Waals surface area contributed by atoms with Gasteiger partial charge in [0.2, 0.25) is 5.91 Å². The van der Waals surface area contributed by atoms with Crippen LogP contribution < -0.4 is 10.6 Å². The van der Waals surface area contributed by atoms with Crippen LogP contribution in [0.2, 0.25) is 0 Å². The summed E-state index contributed by atoms with van der Waals surface area (Å²) < 4.78 is 12.8. The SMILES string of the molecule is CC(Cc1ccc(F)cc1)NC1CCC(=O)NC1. The van der Waals surface area contributed by atoms with Crippen LogP contribution in [-0.4, -0.2) is 24.5 Å². The minimum absolute atomic E-state index is 0.138. The first-order chi connectivity index (χ1) is 8.63. The van der Waals surface area contributed by atoms with E-state index in [0.717, 1.165) is 18.4 Å². The van der Waals surface area contributed by atoms with Gasteiger partial charge in [-0.2, -0.15) is 0 Å². The normalized spacial score (nSPS) is 21.4. The van der Waals surface area contributed by atoms with Gasteiger partial charge in [0.25, 0.3) is 0 Å². The van der Waals surface area contributed by atoms with Crippen molar-refractivity contribution >= 4 is 5.91 Å². The van der Waals surface area contributed by atoms with Crippen LogP contribution in [-0.2, 0) is 11.2 Å². The Kier molecular flexibility index (Phi) is 4.31. The Hall–Kier alpha value is -1.42. The summed E-state index contributed by atoms with van der Waals surface area (Å²) in [7, 11) is 0. The lowest BCUT2D eigenvalue weighted by Gasteiger charge is -2.27. The number of amides is 1. The van der Waals surface area contributed by atoms with Crippen LogP contribution in [0.4, 0.5) is 4.39 Å². The number of rotatable bonds is 4. The van der Waals surface area contributed by atoms with Gasteiger partial charge in [-0.1, -0.05) is 12.1 Å². The van der Waals surface area contributed by atoms with Gasteiger partial charge in [0, 0.05) is 25.0 Å². The van der Waals surface area contributed by atoms with E-state index < -0.39 is 0 Å². The molecular formula is C14H19FN2O. The minimum atomic E-state index is -0.200. The number of piperidine rings is 1. The molecule has 0 aliphatic carbocycles. The second-order valence-electron chi connectivity index (χ2n) is 4.94. The van der Waals surface area contributed by atoms with Crippen molar-refractivity contribution in [1.29, 1.82) is 0 Å². The van der Waals surface area contributed by atoms with Gasteiger partial charge in [0.05, 0.1) is 0 Å². The zero-order valence-corrected chi connectivity index (χ0v) is 10.6. The number of hydrogen-bond acceptors (Lipinski definition) is 2. The first-order valence-corrected chi connectivity index (χ1v) is 6.40. The average Bonchev–Trinajstić information content (AvgIpc) is 2.35. The molecule has 2 rings (SSSR count). The molecule has 1 aromatic rings. The molecule has 3 nitrogen and oxygen atoms in total. The molecule has 1 aliphatic rings. The molecule has 1 fully saturated rings. The summed E-state index contributed by atoms with van der Waals surface area (Å²) in [5, 5.41) is 6.35. The molecule has 1 amide bonds. The van der Waals surface area contributed by atoms with Crippen molar-refractivity contribution in [1.82, 2.24) is 10.6 Å². The number of nitrogens with one attached hydrogen (secondary N) is 2. The van der Waals surface area contributed by atoms with Gasteiger partial charge in [-0.05, 0) is 37.5 Å². The Morgan fingerprint density at radius 3 is 2.78 bits per heavy atom. The fraction of sp³-hybridized carbons (Fsp3) is 0.500. The second-order valence-corrected chi connectivity index (χ2v) is 4.94. The summed E-state index contributed by atoms with van der Waals surface area (Å²) in [6.45, 7) is 2.81. The molecule has 1 saturated heterocycles. The van der Waals surface area contributed by atoms with Gasteiger partial charge in [0.1, 0.15) is 5.82 Å². The molecule has 0 bridgehead atoms. The van der Waals surface area contributed by atoms with E-state index in [0.29, 0.717) is 25.0 Å². The fourth-order valence-electron chi connectivity index (χ4n) is 2.31. The smallest absolute Gasteiger partial charge is 0.220 e. The summed E-state index contributed by atoms with van der Waals surface area (Å²) in [5.41, 5.74) is 1.12. The highest BCUT2D eigenvalue weighted by molar-refractivity contribution is 5.76. The third-order valence-electron chi connectivity index (χ3n) is 3.24. The van der Waals surface area contributed by atoms with Gasteiger partial charge < -0.3 is 10.6 Å². The van der Waals surface area contributed by atoms with Gasteiger partial charge in [-0.3, -0.25) is 4.79 Å². The van der Waals surface area contributed by atoms with E-state index in [1.165, 1.54) is 12.1 Å². The van der Waals surface area contributed by atoms with E-state index >= 15 is 0 Å². The lowest BCUT2D eigenvalue weighted by Crippen LogP contribution is -2.48. The molecule has 18 heavy (non-hydrogen) atoms. The molecule has 4 heteroatoms. The van der Waals surface area contributed by atoms with Crippen molar-refractivity contribution < 1.29 is 9.18 Å². The van der Waals surface area contributed by atoms with E-state index in [-0.39, 0.29) is 11.7 Å². The standard InChI is InChI=1S/C14H19FN2O/c1-10(8-11-2-4-12(15)5-3-11)17-13-6-7-14(18)16-9-13/h2-5,10,13,17H,6-9H2,1H3,(H,16,18). The first-order valence-electron chi connectivity index (χ1n) is 6.40. The molecule has 1 aromatic carbocycles. The van der Waals surface area contributed by atoms with E-state index in [2.05, 4.69) is 17.6 Å². The van der Waals surface area contributed by atoms with Crippen LogP contribution in [0, 0.1) is 5.82 Å². The van der Waals surface area contributed by atoms with Crippen molar-refractivity contribution in [2.24, 2.45) is 0 Å². The molecule has 0 spiro atoms. The van der Waals surface area contributed by atoms with Crippen molar-refractivity contribution in [2.75, 3.05) is 6.54 Å². The van der Waals surface area contributed by atoms with Gasteiger partial charge in [-0.25, -0.2) is 4.39 Å². The lowest BCUT2D eigenvalue weighted by atomic mass is 10.0. The van der Waals surface area contributed by atoms with Crippen molar-refractivity contribution in [3.8, 4) is 0 Å². The molecule has 0 radical (unpaired) electrons. The Balaban J connectivity index is 1.79. The maximum atomic E-state index is 12.8. The zero-order valence-electron chi connectivity index (χ0n) is 10.6. The summed E-state index contributed by atoms with van der Waals surface area (Å²) in [6.07, 6.45) is 2.35. The van der Waals surface area contributed by atoms with Crippen molar-refractivity contribution in [2.45, 2.75) is 38.3 Å². The van der Waals surface area contributed by atoms with E-state index in [4.69, 9.17) is 0 Å². The van der Waals surface area contributed by atoms with Crippen molar-refractivity contribution in [3.63, 3.8) is 0 Å². The Labute approximate surface area is 107 Å². The molecular weight excluding hydrogens is 231 g/mol. The van der Waals surface area contributed by atoms with E-state index in [1.54, 1.807) is 0 Å². The highest BCUT2D eigenvalue weighted by Crippen LogP contribution is 2.08. The maximum absolute atomic E-state index is 12.8. The van der Waals surface area contributed by atoms with E-state index in [9.17, 15) is 9.18 Å². The highest BCUT2D eigenvalue weighted by atomic mass is 19.1. The van der Waals surface area contributed by atoms with Crippen LogP contribution in [0.5, 0.6) is 0 Å². The Morgan fingerprint density at radius 1 is 1.44 bits per heavy atom. The molecule has 1 heterocycles. The third-order valence-corrected chi connectivity index (χ3v) is 3.24. The molecule has 98 valence electrons. The Morgan fingerprint density at radius 2 is 2.17 bits per heavy atom. The van der Waals surface area contributed by atoms with Gasteiger partial charge >= 0.3 is 0 Å². The van der Waals surface area contributed by atoms with Gasteiger partial charge in [0.15, 0.2) is 0 Å². The van der Waals surface area contributed by atoms with Gasteiger partial charge in [-0.15, -0.1) is 0 Å². The summed E-state index contributed by atoms with van der Waals surface area (Å²) in [4.78, 5) is 11.0. The minimum Gasteiger partial charge on any atom is -0.355 e. The molecule has 1 aliphatic heterocycles. The summed E-state index contributed by atoms with van der Waals surface area (Å²) in [6, 6.07) is 7.27. The Bertz CT molecular complexity index is 395. The third kappa shape index (κ3) is 3.81. The topological polar surface area (TPSA) is 41.1 Å². The summed E-state index contributed by atoms with van der Waals surface area (Å²) in [5.74, 6) is -0.0615. The van der Waals surface area contributed by atoms with Crippen LogP contribution in [0.1, 0.15) is 25.3 Å². The second kappa shape index (κ2) is 5.96. The molecule has 2 atom stereocenters. The monoisotopic (exact) mass is 250 g/mol. The average molecular weight is 250 g/mol. The van der Waals surface area contributed by atoms with Crippen LogP contribution in [0.3, 0.4) is 0 Å². The number of benzene rings is 1. The van der Waals surface area contributed by atoms with Crippen LogP contribution in [0.25, 0.3) is 0 Å². The molecule has 0 aromatic heterocycles. The number of halogens is 1.